The zero-order valence-electron chi connectivity index (χ0n) is 9.71. The molecule has 0 unspecified atom stereocenters. The van der Waals surface area contributed by atoms with Gasteiger partial charge in [0.2, 0.25) is 0 Å². The Morgan fingerprint density at radius 2 is 1.94 bits per heavy atom. The summed E-state index contributed by atoms with van der Waals surface area (Å²) in [6.07, 6.45) is 1.61. The number of nitrogens with zero attached hydrogens (tertiary/aromatic N) is 3. The molecule has 0 atom stereocenters. The van der Waals surface area contributed by atoms with Crippen molar-refractivity contribution in [3.63, 3.8) is 0 Å². The Labute approximate surface area is 103 Å². The predicted octanol–water partition coefficient (Wildman–Crippen LogP) is 1.61. The van der Waals surface area contributed by atoms with Crippen LogP contribution in [-0.4, -0.2) is 27.3 Å². The highest BCUT2D eigenvalue weighted by atomic mass is 16.5. The van der Waals surface area contributed by atoms with Crippen LogP contribution in [0.25, 0.3) is 22.4 Å². The number of rotatable bonds is 2. The Hall–Kier alpha value is -2.63. The first-order valence-electron chi connectivity index (χ1n) is 5.39. The summed E-state index contributed by atoms with van der Waals surface area (Å²) in [4.78, 5) is 8.64. The van der Waals surface area contributed by atoms with E-state index in [1.807, 2.05) is 24.3 Å². The predicted molar refractivity (Wildman–Crippen MR) is 68.1 cm³/mol. The van der Waals surface area contributed by atoms with Crippen LogP contribution in [0, 0.1) is 0 Å². The number of H-pyrrole nitrogens is 1. The Balaban J connectivity index is 2.12. The quantitative estimate of drug-likeness (QED) is 0.711. The molecule has 2 heterocycles. The van der Waals surface area contributed by atoms with Crippen molar-refractivity contribution in [2.75, 3.05) is 12.8 Å². The molecule has 0 radical (unpaired) electrons. The zero-order valence-corrected chi connectivity index (χ0v) is 9.71. The fourth-order valence-electron chi connectivity index (χ4n) is 1.73. The van der Waals surface area contributed by atoms with Crippen LogP contribution in [0.1, 0.15) is 0 Å². The lowest BCUT2D eigenvalue weighted by molar-refractivity contribution is 0.415. The van der Waals surface area contributed by atoms with Crippen molar-refractivity contribution < 1.29 is 4.74 Å². The van der Waals surface area contributed by atoms with E-state index in [-0.39, 0.29) is 0 Å². The molecule has 0 aliphatic rings. The maximum atomic E-state index is 5.86. The number of aromatic amines is 1. The molecule has 1 aromatic carbocycles. The van der Waals surface area contributed by atoms with E-state index in [0.717, 1.165) is 16.7 Å². The van der Waals surface area contributed by atoms with Crippen LogP contribution in [0.3, 0.4) is 0 Å². The molecule has 0 saturated heterocycles. The van der Waals surface area contributed by atoms with Crippen molar-refractivity contribution in [2.24, 2.45) is 0 Å². The summed E-state index contributed by atoms with van der Waals surface area (Å²) in [5.74, 6) is 1.76. The molecule has 6 nitrogen and oxygen atoms in total. The molecule has 3 rings (SSSR count). The van der Waals surface area contributed by atoms with Gasteiger partial charge in [-0.2, -0.15) is 5.10 Å². The molecule has 6 heteroatoms. The number of benzene rings is 1. The number of hydrogen-bond donors (Lipinski definition) is 2. The summed E-state index contributed by atoms with van der Waals surface area (Å²) in [7, 11) is 1.63. The standard InChI is InChI=1S/C12H11N5O/c1-18-8-4-2-7(3-5-8)11-15-10(13)9-6-14-17-12(9)16-11/h2-6H,1H3,(H3,13,14,15,16,17). The van der Waals surface area contributed by atoms with Gasteiger partial charge in [-0.1, -0.05) is 0 Å². The number of aromatic nitrogens is 4. The van der Waals surface area contributed by atoms with Gasteiger partial charge in [-0.15, -0.1) is 0 Å². The van der Waals surface area contributed by atoms with E-state index >= 15 is 0 Å². The van der Waals surface area contributed by atoms with Crippen LogP contribution in [0.15, 0.2) is 30.5 Å². The van der Waals surface area contributed by atoms with Crippen molar-refractivity contribution in [3.8, 4) is 17.1 Å². The summed E-state index contributed by atoms with van der Waals surface area (Å²) < 4.78 is 5.10. The van der Waals surface area contributed by atoms with Gasteiger partial charge in [0.1, 0.15) is 11.6 Å². The van der Waals surface area contributed by atoms with Crippen molar-refractivity contribution in [1.82, 2.24) is 20.2 Å². The molecule has 0 saturated carbocycles. The molecular formula is C12H11N5O. The third-order valence-electron chi connectivity index (χ3n) is 2.69. The van der Waals surface area contributed by atoms with Crippen LogP contribution in [-0.2, 0) is 0 Å². The molecule has 3 N–H and O–H groups in total. The van der Waals surface area contributed by atoms with Crippen LogP contribution < -0.4 is 10.5 Å². The van der Waals surface area contributed by atoms with Crippen molar-refractivity contribution >= 4 is 16.9 Å². The highest BCUT2D eigenvalue weighted by molar-refractivity contribution is 5.86. The normalized spacial score (nSPS) is 10.7. The first-order valence-corrected chi connectivity index (χ1v) is 5.39. The number of methoxy groups -OCH3 is 1. The van der Waals surface area contributed by atoms with Gasteiger partial charge in [-0.25, -0.2) is 9.97 Å². The number of fused-ring (bicyclic) bond motifs is 1. The second-order valence-electron chi connectivity index (χ2n) is 3.79. The fraction of sp³-hybridized carbons (Fsp3) is 0.0833. The Bertz CT molecular complexity index is 689. The topological polar surface area (TPSA) is 89.7 Å². The average Bonchev–Trinajstić information content (AvgIpc) is 2.88. The number of nitrogen functional groups attached to an aromatic ring is 1. The van der Waals surface area contributed by atoms with Crippen molar-refractivity contribution in [3.05, 3.63) is 30.5 Å². The molecule has 0 aliphatic heterocycles. The molecule has 0 bridgehead atoms. The molecule has 18 heavy (non-hydrogen) atoms. The Morgan fingerprint density at radius 1 is 1.17 bits per heavy atom. The highest BCUT2D eigenvalue weighted by Crippen LogP contribution is 2.23. The van der Waals surface area contributed by atoms with Gasteiger partial charge in [0.15, 0.2) is 11.5 Å². The Morgan fingerprint density at radius 3 is 2.67 bits per heavy atom. The molecule has 0 aliphatic carbocycles. The molecule has 2 aromatic heterocycles. The van der Waals surface area contributed by atoms with Crippen molar-refractivity contribution in [1.29, 1.82) is 0 Å². The largest absolute Gasteiger partial charge is 0.497 e. The van der Waals surface area contributed by atoms with Gasteiger partial charge in [-0.05, 0) is 24.3 Å². The maximum Gasteiger partial charge on any atom is 0.163 e. The van der Waals surface area contributed by atoms with E-state index < -0.39 is 0 Å². The second kappa shape index (κ2) is 3.99. The van der Waals surface area contributed by atoms with Crippen LogP contribution in [0.4, 0.5) is 5.82 Å². The molecule has 3 aromatic rings. The molecule has 0 spiro atoms. The minimum absolute atomic E-state index is 0.416. The highest BCUT2D eigenvalue weighted by Gasteiger charge is 2.08. The third kappa shape index (κ3) is 1.64. The van der Waals surface area contributed by atoms with E-state index in [0.29, 0.717) is 17.3 Å². The van der Waals surface area contributed by atoms with Gasteiger partial charge in [0.05, 0.1) is 18.7 Å². The van der Waals surface area contributed by atoms with E-state index in [4.69, 9.17) is 10.5 Å². The monoisotopic (exact) mass is 241 g/mol. The molecule has 90 valence electrons. The van der Waals surface area contributed by atoms with Crippen LogP contribution >= 0.6 is 0 Å². The SMILES string of the molecule is COc1ccc(-c2nc(N)c3cn[nH]c3n2)cc1. The van der Waals surface area contributed by atoms with E-state index in [2.05, 4.69) is 20.2 Å². The summed E-state index contributed by atoms with van der Waals surface area (Å²) in [5, 5.41) is 7.41. The van der Waals surface area contributed by atoms with E-state index in [1.165, 1.54) is 0 Å². The van der Waals surface area contributed by atoms with Gasteiger partial charge >= 0.3 is 0 Å². The number of anilines is 1. The number of nitrogens with one attached hydrogen (secondary N) is 1. The summed E-state index contributed by atoms with van der Waals surface area (Å²) >= 11 is 0. The molecule has 0 fully saturated rings. The Kier molecular flexibility index (Phi) is 2.33. The minimum Gasteiger partial charge on any atom is -0.497 e. The first kappa shape index (κ1) is 10.5. The smallest absolute Gasteiger partial charge is 0.163 e. The number of hydrogen-bond acceptors (Lipinski definition) is 5. The maximum absolute atomic E-state index is 5.86. The zero-order chi connectivity index (χ0) is 12.5. The van der Waals surface area contributed by atoms with Gasteiger partial charge in [0, 0.05) is 5.56 Å². The van der Waals surface area contributed by atoms with Crippen LogP contribution in [0.2, 0.25) is 0 Å². The average molecular weight is 241 g/mol. The summed E-state index contributed by atoms with van der Waals surface area (Å²) in [6, 6.07) is 7.48. The second-order valence-corrected chi connectivity index (χ2v) is 3.79. The first-order chi connectivity index (χ1) is 8.78. The minimum atomic E-state index is 0.416. The number of nitrogens with two attached hydrogens (primary N) is 1. The van der Waals surface area contributed by atoms with E-state index in [1.54, 1.807) is 13.3 Å². The van der Waals surface area contributed by atoms with Crippen LogP contribution in [0.5, 0.6) is 5.75 Å². The molecular weight excluding hydrogens is 230 g/mol. The lowest BCUT2D eigenvalue weighted by Gasteiger charge is -2.03. The lowest BCUT2D eigenvalue weighted by Crippen LogP contribution is -1.96. The van der Waals surface area contributed by atoms with Crippen molar-refractivity contribution in [2.45, 2.75) is 0 Å². The van der Waals surface area contributed by atoms with Gasteiger partial charge < -0.3 is 10.5 Å². The molecule has 0 amide bonds. The van der Waals surface area contributed by atoms with E-state index in [9.17, 15) is 0 Å². The third-order valence-corrected chi connectivity index (χ3v) is 2.69. The fourth-order valence-corrected chi connectivity index (χ4v) is 1.73. The number of ether oxygens (including phenoxy) is 1. The summed E-state index contributed by atoms with van der Waals surface area (Å²) in [5.41, 5.74) is 7.37. The van der Waals surface area contributed by atoms with Gasteiger partial charge in [0.25, 0.3) is 0 Å². The van der Waals surface area contributed by atoms with Gasteiger partial charge in [-0.3, -0.25) is 5.10 Å². The summed E-state index contributed by atoms with van der Waals surface area (Å²) in [6.45, 7) is 0. The lowest BCUT2D eigenvalue weighted by atomic mass is 10.2.